The van der Waals surface area contributed by atoms with Crippen LogP contribution in [0.5, 0.6) is 0 Å². The van der Waals surface area contributed by atoms with Crippen LogP contribution < -0.4 is 11.1 Å². The summed E-state index contributed by atoms with van der Waals surface area (Å²) in [6, 6.07) is -0.708. The van der Waals surface area contributed by atoms with Crippen molar-refractivity contribution in [2.24, 2.45) is 11.7 Å². The van der Waals surface area contributed by atoms with Gasteiger partial charge in [0, 0.05) is 0 Å². The first-order chi connectivity index (χ1) is 7.41. The molecule has 0 saturated carbocycles. The molecule has 0 spiro atoms. The minimum atomic E-state index is -0.708. The van der Waals surface area contributed by atoms with E-state index in [1.165, 1.54) is 0 Å². The van der Waals surface area contributed by atoms with Gasteiger partial charge in [0.25, 0.3) is 0 Å². The molecule has 1 heterocycles. The normalized spacial score (nSPS) is 12.6. The summed E-state index contributed by atoms with van der Waals surface area (Å²) in [6.45, 7) is 3.56. The zero-order valence-corrected chi connectivity index (χ0v) is 9.62. The number of hydrogen-bond acceptors (Lipinski definition) is 4. The molecule has 1 aromatic heterocycles. The fraction of sp³-hybridized carbons (Fsp3) is 0.444. The van der Waals surface area contributed by atoms with Gasteiger partial charge in [0.05, 0.1) is 6.20 Å². The van der Waals surface area contributed by atoms with E-state index in [1.54, 1.807) is 13.8 Å². The van der Waals surface area contributed by atoms with Gasteiger partial charge in [-0.15, -0.1) is 0 Å². The molecule has 1 aromatic rings. The maximum atomic E-state index is 13.3. The van der Waals surface area contributed by atoms with Crippen molar-refractivity contribution in [3.63, 3.8) is 0 Å². The number of halogens is 2. The van der Waals surface area contributed by atoms with Gasteiger partial charge in [0.2, 0.25) is 11.2 Å². The van der Waals surface area contributed by atoms with Gasteiger partial charge in [0.1, 0.15) is 6.04 Å². The highest BCUT2D eigenvalue weighted by Gasteiger charge is 2.21. The van der Waals surface area contributed by atoms with E-state index >= 15 is 0 Å². The van der Waals surface area contributed by atoms with Crippen molar-refractivity contribution in [2.75, 3.05) is 5.32 Å². The Morgan fingerprint density at radius 2 is 2.25 bits per heavy atom. The third-order valence-corrected chi connectivity index (χ3v) is 2.16. The molecule has 5 nitrogen and oxygen atoms in total. The molecule has 0 aromatic carbocycles. The maximum absolute atomic E-state index is 13.3. The van der Waals surface area contributed by atoms with Gasteiger partial charge in [0.15, 0.2) is 11.6 Å². The van der Waals surface area contributed by atoms with Crippen LogP contribution in [-0.2, 0) is 4.79 Å². The Kier molecular flexibility index (Phi) is 4.00. The molecule has 0 bridgehead atoms. The van der Waals surface area contributed by atoms with E-state index in [0.29, 0.717) is 0 Å². The minimum absolute atomic E-state index is 0.0920. The topological polar surface area (TPSA) is 80.9 Å². The lowest BCUT2D eigenvalue weighted by Gasteiger charge is -2.19. The third kappa shape index (κ3) is 3.03. The number of aromatic nitrogens is 2. The van der Waals surface area contributed by atoms with Crippen molar-refractivity contribution in [3.8, 4) is 0 Å². The fourth-order valence-corrected chi connectivity index (χ4v) is 1.29. The van der Waals surface area contributed by atoms with E-state index in [-0.39, 0.29) is 17.0 Å². The van der Waals surface area contributed by atoms with Crippen molar-refractivity contribution in [3.05, 3.63) is 17.3 Å². The Labute approximate surface area is 97.2 Å². The van der Waals surface area contributed by atoms with Crippen molar-refractivity contribution < 1.29 is 9.18 Å². The van der Waals surface area contributed by atoms with Crippen LogP contribution in [0.4, 0.5) is 10.2 Å². The average molecular weight is 247 g/mol. The summed E-state index contributed by atoms with van der Waals surface area (Å²) in [7, 11) is 0. The first kappa shape index (κ1) is 12.6. The summed E-state index contributed by atoms with van der Waals surface area (Å²) in [6.07, 6.45) is 0.927. The molecule has 7 heteroatoms. The Morgan fingerprint density at radius 1 is 1.62 bits per heavy atom. The molecule has 16 heavy (non-hydrogen) atoms. The van der Waals surface area contributed by atoms with E-state index in [4.69, 9.17) is 17.3 Å². The molecule has 1 rings (SSSR count). The van der Waals surface area contributed by atoms with Gasteiger partial charge in [-0.25, -0.2) is 9.37 Å². The zero-order valence-electron chi connectivity index (χ0n) is 8.87. The molecule has 0 aliphatic carbocycles. The molecular formula is C9H12ClFN4O. The summed E-state index contributed by atoms with van der Waals surface area (Å²) in [5.74, 6) is -1.48. The number of nitrogens with one attached hydrogen (secondary N) is 1. The van der Waals surface area contributed by atoms with Gasteiger partial charge in [-0.3, -0.25) is 4.79 Å². The predicted molar refractivity (Wildman–Crippen MR) is 58.4 cm³/mol. The molecule has 88 valence electrons. The van der Waals surface area contributed by atoms with Crippen molar-refractivity contribution in [1.82, 2.24) is 9.97 Å². The number of amides is 1. The summed E-state index contributed by atoms with van der Waals surface area (Å²) in [4.78, 5) is 18.2. The Balaban J connectivity index is 2.93. The van der Waals surface area contributed by atoms with Gasteiger partial charge >= 0.3 is 0 Å². The van der Waals surface area contributed by atoms with Gasteiger partial charge in [-0.1, -0.05) is 13.8 Å². The summed E-state index contributed by atoms with van der Waals surface area (Å²) >= 11 is 5.51. The maximum Gasteiger partial charge on any atom is 0.240 e. The van der Waals surface area contributed by atoms with E-state index in [9.17, 15) is 9.18 Å². The van der Waals surface area contributed by atoms with Crippen molar-refractivity contribution in [2.45, 2.75) is 19.9 Å². The third-order valence-electron chi connectivity index (χ3n) is 1.98. The second kappa shape index (κ2) is 5.07. The summed E-state index contributed by atoms with van der Waals surface area (Å²) < 4.78 is 13.3. The van der Waals surface area contributed by atoms with Gasteiger partial charge in [-0.2, -0.15) is 4.98 Å². The molecule has 1 atom stereocenters. The van der Waals surface area contributed by atoms with Gasteiger partial charge < -0.3 is 11.1 Å². The number of rotatable bonds is 4. The highest BCUT2D eigenvalue weighted by molar-refractivity contribution is 6.28. The van der Waals surface area contributed by atoms with Crippen LogP contribution in [0.1, 0.15) is 13.8 Å². The van der Waals surface area contributed by atoms with E-state index in [1.807, 2.05) is 0 Å². The second-order valence-corrected chi connectivity index (χ2v) is 3.94. The predicted octanol–water partition coefficient (Wildman–Crippen LogP) is 1.19. The molecule has 1 unspecified atom stereocenters. The number of primary amides is 1. The molecule has 3 N–H and O–H groups in total. The van der Waals surface area contributed by atoms with E-state index < -0.39 is 17.8 Å². The summed E-state index contributed by atoms with van der Waals surface area (Å²) in [5.41, 5.74) is 5.17. The number of carbonyl (C=O) groups is 1. The van der Waals surface area contributed by atoms with Gasteiger partial charge in [-0.05, 0) is 17.5 Å². The van der Waals surface area contributed by atoms with Crippen LogP contribution in [-0.4, -0.2) is 21.9 Å². The fourth-order valence-electron chi connectivity index (χ4n) is 1.16. The highest BCUT2D eigenvalue weighted by atomic mass is 35.5. The van der Waals surface area contributed by atoms with Crippen molar-refractivity contribution in [1.29, 1.82) is 0 Å². The Morgan fingerprint density at radius 3 is 2.75 bits per heavy atom. The molecule has 0 aliphatic rings. The number of nitrogens with zero attached hydrogens (tertiary/aromatic N) is 2. The van der Waals surface area contributed by atoms with E-state index in [0.717, 1.165) is 6.20 Å². The molecular weight excluding hydrogens is 235 g/mol. The van der Waals surface area contributed by atoms with Crippen molar-refractivity contribution >= 4 is 23.3 Å². The monoisotopic (exact) mass is 246 g/mol. The minimum Gasteiger partial charge on any atom is -0.368 e. The van der Waals surface area contributed by atoms with E-state index in [2.05, 4.69) is 15.3 Å². The summed E-state index contributed by atoms with van der Waals surface area (Å²) in [5, 5.41) is 2.50. The number of anilines is 1. The second-order valence-electron chi connectivity index (χ2n) is 3.60. The zero-order chi connectivity index (χ0) is 12.3. The molecule has 0 radical (unpaired) electrons. The largest absolute Gasteiger partial charge is 0.368 e. The molecule has 1 amide bonds. The lowest BCUT2D eigenvalue weighted by Crippen LogP contribution is -2.40. The lowest BCUT2D eigenvalue weighted by molar-refractivity contribution is -0.119. The van der Waals surface area contributed by atoms with Crippen LogP contribution in [0.25, 0.3) is 0 Å². The first-order valence-electron chi connectivity index (χ1n) is 4.65. The smallest absolute Gasteiger partial charge is 0.240 e. The molecule has 0 fully saturated rings. The van der Waals surface area contributed by atoms with Crippen LogP contribution in [0.2, 0.25) is 5.28 Å². The molecule has 0 aliphatic heterocycles. The number of carbonyl (C=O) groups excluding carboxylic acids is 1. The number of hydrogen-bond donors (Lipinski definition) is 2. The average Bonchev–Trinajstić information content (AvgIpc) is 2.18. The van der Waals surface area contributed by atoms with Crippen LogP contribution in [0, 0.1) is 11.7 Å². The molecule has 0 saturated heterocycles. The quantitative estimate of drug-likeness (QED) is 0.782. The van der Waals surface area contributed by atoms with Crippen LogP contribution >= 0.6 is 11.6 Å². The highest BCUT2D eigenvalue weighted by Crippen LogP contribution is 2.15. The number of nitrogens with two attached hydrogens (primary N) is 1. The Hall–Kier alpha value is -1.43. The SMILES string of the molecule is CC(C)C(Nc1nc(Cl)ncc1F)C(N)=O. The van der Waals surface area contributed by atoms with Crippen LogP contribution in [0.15, 0.2) is 6.20 Å². The Bertz CT molecular complexity index is 399. The standard InChI is InChI=1S/C9H12ClFN4O/c1-4(2)6(7(12)16)14-8-5(11)3-13-9(10)15-8/h3-4,6H,1-2H3,(H2,12,16)(H,13,14,15). The first-order valence-corrected chi connectivity index (χ1v) is 5.03. The van der Waals surface area contributed by atoms with Crippen LogP contribution in [0.3, 0.4) is 0 Å². The lowest BCUT2D eigenvalue weighted by atomic mass is 10.0.